The maximum absolute atomic E-state index is 6.05. The van der Waals surface area contributed by atoms with Gasteiger partial charge in [0, 0.05) is 6.04 Å². The van der Waals surface area contributed by atoms with Gasteiger partial charge in [-0.05, 0) is 84.1 Å². The molecule has 2 nitrogen and oxygen atoms in total. The van der Waals surface area contributed by atoms with Crippen molar-refractivity contribution in [3.05, 3.63) is 57.1 Å². The molecular formula is C17H20BrNO. The van der Waals surface area contributed by atoms with Gasteiger partial charge in [-0.25, -0.2) is 0 Å². The van der Waals surface area contributed by atoms with E-state index in [0.717, 1.165) is 21.5 Å². The fourth-order valence-electron chi connectivity index (χ4n) is 2.11. The minimum absolute atomic E-state index is 0.0169. The summed E-state index contributed by atoms with van der Waals surface area (Å²) in [5.74, 6) is 1.71. The van der Waals surface area contributed by atoms with Crippen LogP contribution >= 0.6 is 15.9 Å². The van der Waals surface area contributed by atoms with E-state index in [0.29, 0.717) is 0 Å². The SMILES string of the molecule is Cc1cc(C)c(C)c(Oc2ccc([C@@H](C)N)cc2Br)c1. The Bertz CT molecular complexity index is 635. The third-order valence-electron chi connectivity index (χ3n) is 3.47. The number of nitrogens with two attached hydrogens (primary N) is 1. The normalized spacial score (nSPS) is 12.3. The number of ether oxygens (including phenoxy) is 1. The van der Waals surface area contributed by atoms with Gasteiger partial charge in [-0.15, -0.1) is 0 Å². The van der Waals surface area contributed by atoms with E-state index in [4.69, 9.17) is 10.5 Å². The van der Waals surface area contributed by atoms with E-state index >= 15 is 0 Å². The van der Waals surface area contributed by atoms with Crippen LogP contribution < -0.4 is 10.5 Å². The maximum Gasteiger partial charge on any atom is 0.141 e. The first-order valence-corrected chi connectivity index (χ1v) is 7.48. The van der Waals surface area contributed by atoms with Crippen LogP contribution in [0.15, 0.2) is 34.8 Å². The van der Waals surface area contributed by atoms with E-state index in [9.17, 15) is 0 Å². The standard InChI is InChI=1S/C17H20BrNO/c1-10-7-11(2)12(3)17(8-10)20-16-6-5-14(13(4)19)9-15(16)18/h5-9,13H,19H2,1-4H3/t13-/m1/s1. The van der Waals surface area contributed by atoms with Gasteiger partial charge in [-0.2, -0.15) is 0 Å². The van der Waals surface area contributed by atoms with Crippen LogP contribution in [0.2, 0.25) is 0 Å². The molecule has 0 heterocycles. The molecule has 0 saturated heterocycles. The molecule has 2 aromatic rings. The Hall–Kier alpha value is -1.32. The summed E-state index contributed by atoms with van der Waals surface area (Å²) in [6.07, 6.45) is 0. The Morgan fingerprint density at radius 2 is 1.75 bits per heavy atom. The Morgan fingerprint density at radius 3 is 2.35 bits per heavy atom. The Kier molecular flexibility index (Phi) is 4.51. The summed E-state index contributed by atoms with van der Waals surface area (Å²) in [6.45, 7) is 8.22. The van der Waals surface area contributed by atoms with E-state index in [2.05, 4.69) is 48.8 Å². The number of rotatable bonds is 3. The van der Waals surface area contributed by atoms with Crippen LogP contribution in [0.25, 0.3) is 0 Å². The van der Waals surface area contributed by atoms with Crippen LogP contribution in [0.5, 0.6) is 11.5 Å². The lowest BCUT2D eigenvalue weighted by molar-refractivity contribution is 0.474. The van der Waals surface area contributed by atoms with Gasteiger partial charge in [0.25, 0.3) is 0 Å². The fraction of sp³-hybridized carbons (Fsp3) is 0.294. The van der Waals surface area contributed by atoms with Gasteiger partial charge in [-0.1, -0.05) is 12.1 Å². The lowest BCUT2D eigenvalue weighted by Crippen LogP contribution is -2.04. The molecule has 0 aliphatic heterocycles. The van der Waals surface area contributed by atoms with Gasteiger partial charge in [-0.3, -0.25) is 0 Å². The Morgan fingerprint density at radius 1 is 1.05 bits per heavy atom. The van der Waals surface area contributed by atoms with Crippen molar-refractivity contribution in [3.63, 3.8) is 0 Å². The molecule has 0 aliphatic carbocycles. The molecule has 0 radical (unpaired) electrons. The molecule has 0 spiro atoms. The third kappa shape index (κ3) is 3.22. The van der Waals surface area contributed by atoms with Crippen molar-refractivity contribution in [1.29, 1.82) is 0 Å². The highest BCUT2D eigenvalue weighted by molar-refractivity contribution is 9.10. The summed E-state index contributed by atoms with van der Waals surface area (Å²) >= 11 is 3.55. The van der Waals surface area contributed by atoms with Crippen molar-refractivity contribution in [2.24, 2.45) is 5.73 Å². The Balaban J connectivity index is 2.35. The highest BCUT2D eigenvalue weighted by Gasteiger charge is 2.09. The highest BCUT2D eigenvalue weighted by Crippen LogP contribution is 2.34. The largest absolute Gasteiger partial charge is 0.456 e. The summed E-state index contributed by atoms with van der Waals surface area (Å²) in [4.78, 5) is 0. The average Bonchev–Trinajstić information content (AvgIpc) is 2.37. The first-order chi connectivity index (χ1) is 9.38. The molecule has 0 bridgehead atoms. The maximum atomic E-state index is 6.05. The number of hydrogen-bond donors (Lipinski definition) is 1. The third-order valence-corrected chi connectivity index (χ3v) is 4.09. The van der Waals surface area contributed by atoms with Crippen molar-refractivity contribution >= 4 is 15.9 Å². The number of halogens is 1. The molecule has 2 rings (SSSR count). The van der Waals surface area contributed by atoms with Gasteiger partial charge in [0.1, 0.15) is 11.5 Å². The molecule has 0 amide bonds. The van der Waals surface area contributed by atoms with E-state index in [1.54, 1.807) is 0 Å². The second-order valence-electron chi connectivity index (χ2n) is 5.29. The quantitative estimate of drug-likeness (QED) is 0.839. The van der Waals surface area contributed by atoms with Crippen LogP contribution in [-0.2, 0) is 0 Å². The van der Waals surface area contributed by atoms with E-state index in [-0.39, 0.29) is 6.04 Å². The monoisotopic (exact) mass is 333 g/mol. The molecule has 1 atom stereocenters. The second kappa shape index (κ2) is 5.98. The lowest BCUT2D eigenvalue weighted by Gasteiger charge is -2.14. The smallest absolute Gasteiger partial charge is 0.141 e. The molecule has 106 valence electrons. The zero-order chi connectivity index (χ0) is 14.9. The molecule has 2 N–H and O–H groups in total. The summed E-state index contributed by atoms with van der Waals surface area (Å²) < 4.78 is 6.97. The molecule has 2 aromatic carbocycles. The topological polar surface area (TPSA) is 35.2 Å². The van der Waals surface area contributed by atoms with Gasteiger partial charge in [0.05, 0.1) is 4.47 Å². The van der Waals surface area contributed by atoms with Gasteiger partial charge in [0.15, 0.2) is 0 Å². The predicted octanol–water partition coefficient (Wildman–Crippen LogP) is 5.19. The number of aryl methyl sites for hydroxylation is 2. The fourth-order valence-corrected chi connectivity index (χ4v) is 2.59. The van der Waals surface area contributed by atoms with Crippen molar-refractivity contribution in [3.8, 4) is 11.5 Å². The summed E-state index contributed by atoms with van der Waals surface area (Å²) in [7, 11) is 0. The number of benzene rings is 2. The minimum atomic E-state index is 0.0169. The summed E-state index contributed by atoms with van der Waals surface area (Å²) in [6, 6.07) is 10.2. The Labute approximate surface area is 129 Å². The molecule has 0 fully saturated rings. The van der Waals surface area contributed by atoms with Crippen LogP contribution in [0.3, 0.4) is 0 Å². The molecular weight excluding hydrogens is 314 g/mol. The van der Waals surface area contributed by atoms with Crippen LogP contribution in [0.1, 0.15) is 35.2 Å². The molecule has 0 saturated carbocycles. The van der Waals surface area contributed by atoms with Crippen LogP contribution in [0.4, 0.5) is 0 Å². The number of hydrogen-bond acceptors (Lipinski definition) is 2. The molecule has 0 unspecified atom stereocenters. The first kappa shape index (κ1) is 15.1. The zero-order valence-corrected chi connectivity index (χ0v) is 13.9. The zero-order valence-electron chi connectivity index (χ0n) is 12.3. The average molecular weight is 334 g/mol. The van der Waals surface area contributed by atoms with Crippen molar-refractivity contribution in [2.75, 3.05) is 0 Å². The van der Waals surface area contributed by atoms with Crippen LogP contribution in [0, 0.1) is 20.8 Å². The van der Waals surface area contributed by atoms with Gasteiger partial charge >= 0.3 is 0 Å². The van der Waals surface area contributed by atoms with Crippen molar-refractivity contribution in [1.82, 2.24) is 0 Å². The molecule has 0 aliphatic rings. The van der Waals surface area contributed by atoms with Crippen molar-refractivity contribution in [2.45, 2.75) is 33.7 Å². The van der Waals surface area contributed by atoms with E-state index in [1.165, 1.54) is 16.7 Å². The van der Waals surface area contributed by atoms with Crippen molar-refractivity contribution < 1.29 is 4.74 Å². The molecule has 0 aromatic heterocycles. The van der Waals surface area contributed by atoms with E-state index < -0.39 is 0 Å². The molecule has 20 heavy (non-hydrogen) atoms. The predicted molar refractivity (Wildman–Crippen MR) is 87.5 cm³/mol. The summed E-state index contributed by atoms with van der Waals surface area (Å²) in [5, 5.41) is 0. The lowest BCUT2D eigenvalue weighted by atomic mass is 10.1. The summed E-state index contributed by atoms with van der Waals surface area (Å²) in [5.41, 5.74) is 10.6. The minimum Gasteiger partial charge on any atom is -0.456 e. The van der Waals surface area contributed by atoms with Crippen LogP contribution in [-0.4, -0.2) is 0 Å². The van der Waals surface area contributed by atoms with Gasteiger partial charge < -0.3 is 10.5 Å². The second-order valence-corrected chi connectivity index (χ2v) is 6.14. The first-order valence-electron chi connectivity index (χ1n) is 6.69. The van der Waals surface area contributed by atoms with E-state index in [1.807, 2.05) is 25.1 Å². The highest BCUT2D eigenvalue weighted by atomic mass is 79.9. The molecule has 3 heteroatoms. The van der Waals surface area contributed by atoms with Gasteiger partial charge in [0.2, 0.25) is 0 Å².